The van der Waals surface area contributed by atoms with Crippen LogP contribution in [0.3, 0.4) is 0 Å². The number of halogens is 2. The van der Waals surface area contributed by atoms with Crippen LogP contribution in [0.15, 0.2) is 6.07 Å². The molecule has 0 atom stereocenters. The zero-order valence-electron chi connectivity index (χ0n) is 12.1. The van der Waals surface area contributed by atoms with Gasteiger partial charge in [0.15, 0.2) is 5.78 Å². The molecule has 1 aromatic heterocycles. The van der Waals surface area contributed by atoms with Gasteiger partial charge in [0.1, 0.15) is 4.34 Å². The molecule has 0 N–H and O–H groups in total. The number of hydrogen-bond acceptors (Lipinski definition) is 2. The summed E-state index contributed by atoms with van der Waals surface area (Å²) in [5, 5.41) is 0. The van der Waals surface area contributed by atoms with Crippen LogP contribution in [-0.4, -0.2) is 5.78 Å². The van der Waals surface area contributed by atoms with Crippen LogP contribution in [0.25, 0.3) is 0 Å². The summed E-state index contributed by atoms with van der Waals surface area (Å²) in [7, 11) is 0. The maximum absolute atomic E-state index is 12.8. The monoisotopic (exact) mass is 326 g/mol. The summed E-state index contributed by atoms with van der Waals surface area (Å²) >= 11 is 13.3. The second-order valence-corrected chi connectivity index (χ2v) is 7.35. The SMILES string of the molecule is Cc1c(C)c(C)c(C(=O)c2cc(Cl)sc2Cl)c(C)c1C. The maximum atomic E-state index is 12.8. The molecule has 2 aromatic rings. The lowest BCUT2D eigenvalue weighted by Gasteiger charge is -2.17. The average Bonchev–Trinajstić information content (AvgIpc) is 2.73. The van der Waals surface area contributed by atoms with Crippen LogP contribution in [-0.2, 0) is 0 Å². The van der Waals surface area contributed by atoms with Gasteiger partial charge < -0.3 is 0 Å². The van der Waals surface area contributed by atoms with Crippen molar-refractivity contribution in [2.75, 3.05) is 0 Å². The van der Waals surface area contributed by atoms with Crippen LogP contribution in [0.5, 0.6) is 0 Å². The van der Waals surface area contributed by atoms with Crippen molar-refractivity contribution in [2.24, 2.45) is 0 Å². The highest BCUT2D eigenvalue weighted by Gasteiger charge is 2.22. The van der Waals surface area contributed by atoms with Crippen LogP contribution in [0.2, 0.25) is 8.67 Å². The van der Waals surface area contributed by atoms with E-state index in [1.54, 1.807) is 6.07 Å². The molecular weight excluding hydrogens is 311 g/mol. The second-order valence-electron chi connectivity index (χ2n) is 5.07. The Bertz CT molecular complexity index is 685. The van der Waals surface area contributed by atoms with Crippen molar-refractivity contribution in [1.29, 1.82) is 0 Å². The van der Waals surface area contributed by atoms with E-state index in [2.05, 4.69) is 20.8 Å². The van der Waals surface area contributed by atoms with E-state index in [0.717, 1.165) is 27.8 Å². The number of benzene rings is 1. The van der Waals surface area contributed by atoms with Gasteiger partial charge in [0, 0.05) is 5.56 Å². The number of rotatable bonds is 2. The molecule has 4 heteroatoms. The summed E-state index contributed by atoms with van der Waals surface area (Å²) in [6.07, 6.45) is 0. The van der Waals surface area contributed by atoms with E-state index < -0.39 is 0 Å². The molecule has 0 saturated heterocycles. The minimum Gasteiger partial charge on any atom is -0.289 e. The molecule has 0 radical (unpaired) electrons. The topological polar surface area (TPSA) is 17.1 Å². The predicted molar refractivity (Wildman–Crippen MR) is 87.9 cm³/mol. The molecule has 1 heterocycles. The first-order valence-corrected chi connectivity index (χ1v) is 7.89. The molecule has 0 fully saturated rings. The summed E-state index contributed by atoms with van der Waals surface area (Å²) < 4.78 is 0.990. The first-order valence-electron chi connectivity index (χ1n) is 6.32. The first-order chi connectivity index (χ1) is 9.25. The van der Waals surface area contributed by atoms with Gasteiger partial charge >= 0.3 is 0 Å². The van der Waals surface area contributed by atoms with Crippen molar-refractivity contribution in [1.82, 2.24) is 0 Å². The predicted octanol–water partition coefficient (Wildman–Crippen LogP) is 5.83. The maximum Gasteiger partial charge on any atom is 0.195 e. The molecule has 0 saturated carbocycles. The van der Waals surface area contributed by atoms with Crippen molar-refractivity contribution < 1.29 is 4.79 Å². The fraction of sp³-hybridized carbons (Fsp3) is 0.312. The smallest absolute Gasteiger partial charge is 0.195 e. The fourth-order valence-electron chi connectivity index (χ4n) is 2.47. The van der Waals surface area contributed by atoms with Gasteiger partial charge in [-0.25, -0.2) is 0 Å². The van der Waals surface area contributed by atoms with Crippen molar-refractivity contribution in [3.63, 3.8) is 0 Å². The molecule has 20 heavy (non-hydrogen) atoms. The lowest BCUT2D eigenvalue weighted by Crippen LogP contribution is -2.10. The number of hydrogen-bond donors (Lipinski definition) is 0. The summed E-state index contributed by atoms with van der Waals surface area (Å²) in [6, 6.07) is 1.65. The summed E-state index contributed by atoms with van der Waals surface area (Å²) in [5.74, 6) is -0.0423. The average molecular weight is 327 g/mol. The van der Waals surface area contributed by atoms with E-state index in [0.29, 0.717) is 14.2 Å². The minimum absolute atomic E-state index is 0.0423. The molecule has 2 rings (SSSR count). The van der Waals surface area contributed by atoms with Gasteiger partial charge in [-0.2, -0.15) is 0 Å². The molecule has 1 aromatic carbocycles. The Hall–Kier alpha value is -0.830. The van der Waals surface area contributed by atoms with E-state index >= 15 is 0 Å². The zero-order valence-corrected chi connectivity index (χ0v) is 14.5. The lowest BCUT2D eigenvalue weighted by molar-refractivity contribution is 0.103. The standard InChI is InChI=1S/C16H16Cl2OS/c1-7-8(2)10(4)14(11(5)9(7)3)15(19)12-6-13(17)20-16(12)18/h6H,1-5H3. The molecule has 106 valence electrons. The van der Waals surface area contributed by atoms with Crippen LogP contribution in [0, 0.1) is 34.6 Å². The van der Waals surface area contributed by atoms with Crippen molar-refractivity contribution in [3.05, 3.63) is 53.7 Å². The number of carbonyl (C=O) groups is 1. The summed E-state index contributed by atoms with van der Waals surface area (Å²) in [5.41, 5.74) is 6.86. The van der Waals surface area contributed by atoms with Crippen LogP contribution >= 0.6 is 34.5 Å². The largest absolute Gasteiger partial charge is 0.289 e. The van der Waals surface area contributed by atoms with E-state index in [1.807, 2.05) is 13.8 Å². The van der Waals surface area contributed by atoms with Crippen molar-refractivity contribution in [2.45, 2.75) is 34.6 Å². The third-order valence-corrected chi connectivity index (χ3v) is 5.62. The Kier molecular flexibility index (Phi) is 4.29. The van der Waals surface area contributed by atoms with E-state index in [-0.39, 0.29) is 5.78 Å². The molecule has 0 bridgehead atoms. The number of ketones is 1. The number of carbonyl (C=O) groups excluding carboxylic acids is 1. The Balaban J connectivity index is 2.70. The van der Waals surface area contributed by atoms with Gasteiger partial charge in [-0.15, -0.1) is 11.3 Å². The van der Waals surface area contributed by atoms with Crippen molar-refractivity contribution in [3.8, 4) is 0 Å². The highest BCUT2D eigenvalue weighted by Crippen LogP contribution is 2.35. The zero-order chi connectivity index (χ0) is 15.2. The quantitative estimate of drug-likeness (QED) is 0.634. The highest BCUT2D eigenvalue weighted by atomic mass is 35.5. The molecule has 0 aliphatic rings. The van der Waals surface area contributed by atoms with Crippen LogP contribution in [0.1, 0.15) is 43.7 Å². The van der Waals surface area contributed by atoms with Crippen molar-refractivity contribution >= 4 is 40.3 Å². The Morgan fingerprint density at radius 1 is 0.900 bits per heavy atom. The highest BCUT2D eigenvalue weighted by molar-refractivity contribution is 7.20. The van der Waals surface area contributed by atoms with Gasteiger partial charge in [0.25, 0.3) is 0 Å². The van der Waals surface area contributed by atoms with Gasteiger partial charge in [-0.3, -0.25) is 4.79 Å². The van der Waals surface area contributed by atoms with Gasteiger partial charge in [-0.05, 0) is 68.5 Å². The van der Waals surface area contributed by atoms with Gasteiger partial charge in [0.05, 0.1) is 9.90 Å². The van der Waals surface area contributed by atoms with E-state index in [9.17, 15) is 4.79 Å². The fourth-order valence-corrected chi connectivity index (χ4v) is 3.93. The molecule has 0 unspecified atom stereocenters. The lowest BCUT2D eigenvalue weighted by atomic mass is 9.86. The van der Waals surface area contributed by atoms with Gasteiger partial charge in [-0.1, -0.05) is 23.2 Å². The minimum atomic E-state index is -0.0423. The third kappa shape index (κ3) is 2.41. The normalized spacial score (nSPS) is 10.9. The van der Waals surface area contributed by atoms with E-state index in [4.69, 9.17) is 23.2 Å². The molecule has 0 aliphatic carbocycles. The second kappa shape index (κ2) is 5.51. The molecule has 0 amide bonds. The molecular formula is C16H16Cl2OS. The Morgan fingerprint density at radius 2 is 1.35 bits per heavy atom. The Labute approximate surface area is 133 Å². The van der Waals surface area contributed by atoms with Crippen LogP contribution < -0.4 is 0 Å². The molecule has 0 spiro atoms. The molecule has 0 aliphatic heterocycles. The van der Waals surface area contributed by atoms with Gasteiger partial charge in [0.2, 0.25) is 0 Å². The first kappa shape index (κ1) is 15.6. The molecule has 1 nitrogen and oxygen atoms in total. The number of thiophene rings is 1. The van der Waals surface area contributed by atoms with E-state index in [1.165, 1.54) is 16.9 Å². The summed E-state index contributed by atoms with van der Waals surface area (Å²) in [6.45, 7) is 10.2. The van der Waals surface area contributed by atoms with Crippen LogP contribution in [0.4, 0.5) is 0 Å². The summed E-state index contributed by atoms with van der Waals surface area (Å²) in [4.78, 5) is 12.8. The third-order valence-electron chi connectivity index (χ3n) is 4.13. The Morgan fingerprint density at radius 3 is 1.75 bits per heavy atom.